The number of nitrogens with zero attached hydrogens (tertiary/aromatic N) is 1. The van der Waals surface area contributed by atoms with Gasteiger partial charge in [-0.1, -0.05) is 29.3 Å². The molecule has 0 saturated carbocycles. The van der Waals surface area contributed by atoms with Gasteiger partial charge >= 0.3 is 0 Å². The molecule has 1 aromatic carbocycles. The molecule has 1 aliphatic heterocycles. The average molecular weight is 332 g/mol. The van der Waals surface area contributed by atoms with Crippen molar-refractivity contribution in [2.45, 2.75) is 20.0 Å². The molecule has 1 atom stereocenters. The van der Waals surface area contributed by atoms with Gasteiger partial charge in [-0.25, -0.2) is 0 Å². The summed E-state index contributed by atoms with van der Waals surface area (Å²) in [7, 11) is 0. The molecule has 1 N–H and O–H groups in total. The highest BCUT2D eigenvalue weighted by molar-refractivity contribution is 6.42. The number of benzene rings is 1. The van der Waals surface area contributed by atoms with Gasteiger partial charge in [-0.3, -0.25) is 4.79 Å². The van der Waals surface area contributed by atoms with Crippen LogP contribution >= 0.6 is 23.2 Å². The predicted octanol–water partition coefficient (Wildman–Crippen LogP) is 2.91. The lowest BCUT2D eigenvalue weighted by atomic mass is 9.92. The highest BCUT2D eigenvalue weighted by Crippen LogP contribution is 2.30. The fraction of sp³-hybridized carbons (Fsp3) is 0.533. The first-order chi connectivity index (χ1) is 9.85. The molecule has 0 aliphatic carbocycles. The van der Waals surface area contributed by atoms with Crippen molar-refractivity contribution in [1.29, 1.82) is 0 Å². The van der Waals surface area contributed by atoms with Crippen molar-refractivity contribution in [3.05, 3.63) is 33.8 Å². The predicted molar refractivity (Wildman–Crippen MR) is 82.6 cm³/mol. The van der Waals surface area contributed by atoms with Crippen LogP contribution in [0.2, 0.25) is 10.0 Å². The maximum atomic E-state index is 12.4. The molecule has 1 aromatic rings. The lowest BCUT2D eigenvalue weighted by molar-refractivity contribution is -0.150. The van der Waals surface area contributed by atoms with Crippen molar-refractivity contribution in [2.75, 3.05) is 26.3 Å². The third-order valence-electron chi connectivity index (χ3n) is 3.64. The van der Waals surface area contributed by atoms with Crippen molar-refractivity contribution in [3.8, 4) is 0 Å². The molecule has 1 amide bonds. The zero-order valence-electron chi connectivity index (χ0n) is 12.1. The van der Waals surface area contributed by atoms with Crippen LogP contribution in [0.1, 0.15) is 25.5 Å². The van der Waals surface area contributed by atoms with E-state index in [9.17, 15) is 9.90 Å². The second kappa shape index (κ2) is 6.53. The smallest absolute Gasteiger partial charge is 0.230 e. The highest BCUT2D eigenvalue weighted by atomic mass is 35.5. The maximum absolute atomic E-state index is 12.4. The third-order valence-corrected chi connectivity index (χ3v) is 4.38. The topological polar surface area (TPSA) is 49.8 Å². The van der Waals surface area contributed by atoms with E-state index >= 15 is 0 Å². The Balaban J connectivity index is 2.14. The molecule has 1 fully saturated rings. The summed E-state index contributed by atoms with van der Waals surface area (Å²) in [5.74, 6) is -0.0710. The van der Waals surface area contributed by atoms with Gasteiger partial charge < -0.3 is 14.7 Å². The molecule has 0 bridgehead atoms. The van der Waals surface area contributed by atoms with Gasteiger partial charge in [-0.2, -0.15) is 0 Å². The Labute approximate surface area is 134 Å². The Bertz CT molecular complexity index is 534. The van der Waals surface area contributed by atoms with Gasteiger partial charge in [-0.05, 0) is 31.5 Å². The Kier molecular flexibility index (Phi) is 5.15. The van der Waals surface area contributed by atoms with E-state index in [0.29, 0.717) is 29.7 Å². The van der Waals surface area contributed by atoms with Gasteiger partial charge in [0, 0.05) is 6.54 Å². The van der Waals surface area contributed by atoms with E-state index in [-0.39, 0.29) is 18.6 Å². The maximum Gasteiger partial charge on any atom is 0.230 e. The van der Waals surface area contributed by atoms with Gasteiger partial charge in [0.15, 0.2) is 0 Å². The van der Waals surface area contributed by atoms with Crippen LogP contribution in [0, 0.1) is 5.41 Å². The molecule has 116 valence electrons. The van der Waals surface area contributed by atoms with Crippen LogP contribution < -0.4 is 0 Å². The number of rotatable bonds is 3. The third kappa shape index (κ3) is 3.69. The lowest BCUT2D eigenvalue weighted by Crippen LogP contribution is -2.48. The van der Waals surface area contributed by atoms with E-state index in [0.717, 1.165) is 5.56 Å². The van der Waals surface area contributed by atoms with Gasteiger partial charge in [0.05, 0.1) is 35.2 Å². The van der Waals surface area contributed by atoms with E-state index in [4.69, 9.17) is 27.9 Å². The summed E-state index contributed by atoms with van der Waals surface area (Å²) in [5, 5.41) is 10.3. The fourth-order valence-corrected chi connectivity index (χ4v) is 2.55. The second-order valence-corrected chi connectivity index (χ2v) is 6.64. The van der Waals surface area contributed by atoms with E-state index in [1.54, 1.807) is 30.9 Å². The number of hydrogen-bond donors (Lipinski definition) is 1. The first-order valence-corrected chi connectivity index (χ1v) is 7.57. The average Bonchev–Trinajstić information content (AvgIpc) is 2.49. The molecular weight excluding hydrogens is 313 g/mol. The van der Waals surface area contributed by atoms with Crippen LogP contribution in [0.15, 0.2) is 18.2 Å². The summed E-state index contributed by atoms with van der Waals surface area (Å²) in [5.41, 5.74) is 0.114. The summed E-state index contributed by atoms with van der Waals surface area (Å²) < 4.78 is 5.73. The molecule has 0 spiro atoms. The van der Waals surface area contributed by atoms with Crippen LogP contribution in [0.4, 0.5) is 0 Å². The monoisotopic (exact) mass is 331 g/mol. The van der Waals surface area contributed by atoms with E-state index in [2.05, 4.69) is 0 Å². The Morgan fingerprint density at radius 3 is 2.76 bits per heavy atom. The molecule has 0 aromatic heterocycles. The molecule has 21 heavy (non-hydrogen) atoms. The van der Waals surface area contributed by atoms with E-state index < -0.39 is 5.41 Å². The lowest BCUT2D eigenvalue weighted by Gasteiger charge is -2.37. The molecule has 1 saturated heterocycles. The molecule has 1 unspecified atom stereocenters. The molecular formula is C15H19Cl2NO3. The standard InChI is InChI=1S/C15H19Cl2NO3/c1-15(2,9-19)14(20)18-5-6-21-13(8-18)10-3-4-11(16)12(17)7-10/h3-4,7,13,19H,5-6,8-9H2,1-2H3. The first kappa shape index (κ1) is 16.6. The van der Waals surface area contributed by atoms with Crippen LogP contribution in [-0.4, -0.2) is 42.2 Å². The summed E-state index contributed by atoms with van der Waals surface area (Å²) in [6, 6.07) is 5.34. The zero-order valence-corrected chi connectivity index (χ0v) is 13.6. The highest BCUT2D eigenvalue weighted by Gasteiger charge is 2.34. The minimum atomic E-state index is -0.778. The summed E-state index contributed by atoms with van der Waals surface area (Å²) in [6.07, 6.45) is -0.230. The van der Waals surface area contributed by atoms with Crippen LogP contribution in [0.25, 0.3) is 0 Å². The SMILES string of the molecule is CC(C)(CO)C(=O)N1CCOC(c2ccc(Cl)c(Cl)c2)C1. The Hall–Kier alpha value is -0.810. The van der Waals surface area contributed by atoms with Crippen molar-refractivity contribution in [3.63, 3.8) is 0 Å². The molecule has 1 aliphatic rings. The number of hydrogen-bond acceptors (Lipinski definition) is 3. The number of carbonyl (C=O) groups is 1. The summed E-state index contributed by atoms with van der Waals surface area (Å²) in [4.78, 5) is 14.1. The molecule has 2 rings (SSSR count). The first-order valence-electron chi connectivity index (χ1n) is 6.82. The Morgan fingerprint density at radius 1 is 1.43 bits per heavy atom. The minimum absolute atomic E-state index is 0.0710. The zero-order chi connectivity index (χ0) is 15.6. The van der Waals surface area contributed by atoms with E-state index in [1.165, 1.54) is 0 Å². The summed E-state index contributed by atoms with van der Waals surface area (Å²) in [6.45, 7) is 4.72. The van der Waals surface area contributed by atoms with Crippen molar-refractivity contribution in [2.24, 2.45) is 5.41 Å². The van der Waals surface area contributed by atoms with Gasteiger partial charge in [-0.15, -0.1) is 0 Å². The number of aliphatic hydroxyl groups is 1. The Morgan fingerprint density at radius 2 is 2.14 bits per heavy atom. The van der Waals surface area contributed by atoms with Gasteiger partial charge in [0.25, 0.3) is 0 Å². The molecule has 1 heterocycles. The van der Waals surface area contributed by atoms with E-state index in [1.807, 2.05) is 6.07 Å². The van der Waals surface area contributed by atoms with Gasteiger partial charge in [0.1, 0.15) is 6.10 Å². The van der Waals surface area contributed by atoms with Crippen LogP contribution in [0.5, 0.6) is 0 Å². The number of aliphatic hydroxyl groups excluding tert-OH is 1. The number of morpholine rings is 1. The second-order valence-electron chi connectivity index (χ2n) is 5.83. The number of ether oxygens (including phenoxy) is 1. The fourth-order valence-electron chi connectivity index (χ4n) is 2.24. The van der Waals surface area contributed by atoms with Crippen LogP contribution in [-0.2, 0) is 9.53 Å². The van der Waals surface area contributed by atoms with Crippen molar-refractivity contribution < 1.29 is 14.6 Å². The largest absolute Gasteiger partial charge is 0.395 e. The van der Waals surface area contributed by atoms with Crippen LogP contribution in [0.3, 0.4) is 0 Å². The van der Waals surface area contributed by atoms with Crippen molar-refractivity contribution >= 4 is 29.1 Å². The molecule has 0 radical (unpaired) electrons. The quantitative estimate of drug-likeness (QED) is 0.926. The number of carbonyl (C=O) groups excluding carboxylic acids is 1. The number of amides is 1. The number of halogens is 2. The van der Waals surface area contributed by atoms with Crippen molar-refractivity contribution in [1.82, 2.24) is 4.90 Å². The molecule has 6 heteroatoms. The minimum Gasteiger partial charge on any atom is -0.395 e. The normalized spacial score (nSPS) is 19.7. The van der Waals surface area contributed by atoms with Gasteiger partial charge in [0.2, 0.25) is 5.91 Å². The summed E-state index contributed by atoms with van der Waals surface area (Å²) >= 11 is 11.9. The molecule has 4 nitrogen and oxygen atoms in total.